The van der Waals surface area contributed by atoms with Crippen LogP contribution in [0.4, 0.5) is 0 Å². The van der Waals surface area contributed by atoms with Gasteiger partial charge in [-0.2, -0.15) is 0 Å². The number of nitrogens with zero attached hydrogens (tertiary/aromatic N) is 1. The topological polar surface area (TPSA) is 3.24 Å². The minimum atomic E-state index is -1.09. The van der Waals surface area contributed by atoms with E-state index in [0.717, 1.165) is 0 Å². The Labute approximate surface area is 135 Å². The van der Waals surface area contributed by atoms with Crippen LogP contribution in [-0.2, 0) is 0 Å². The molecule has 0 aliphatic carbocycles. The molecule has 0 aromatic rings. The lowest BCUT2D eigenvalue weighted by molar-refractivity contribution is 0.297. The standard InChI is InChI=1S/C19H39NSi/c1-4-7-18-21(5-2,6-3)19-20-16-14-12-10-8-9-11-13-15-17-20/h4,7H,5-6,8-19H2,1-3H3/b7-4+. The van der Waals surface area contributed by atoms with Crippen molar-refractivity contribution in [2.24, 2.45) is 0 Å². The van der Waals surface area contributed by atoms with Crippen LogP contribution >= 0.6 is 0 Å². The largest absolute Gasteiger partial charge is 0.306 e. The predicted molar refractivity (Wildman–Crippen MR) is 99.7 cm³/mol. The fraction of sp³-hybridized carbons (Fsp3) is 0.895. The van der Waals surface area contributed by atoms with Crippen molar-refractivity contribution in [1.82, 2.24) is 4.90 Å². The SMILES string of the molecule is C/C=C/C[Si](CC)(CC)CN1CCCCCCCCCC1. The van der Waals surface area contributed by atoms with Crippen molar-refractivity contribution in [3.63, 3.8) is 0 Å². The van der Waals surface area contributed by atoms with Gasteiger partial charge in [-0.3, -0.25) is 0 Å². The molecule has 0 bridgehead atoms. The minimum Gasteiger partial charge on any atom is -0.306 e. The lowest BCUT2D eigenvalue weighted by Crippen LogP contribution is -2.46. The molecule has 0 radical (unpaired) electrons. The van der Waals surface area contributed by atoms with Gasteiger partial charge in [0.15, 0.2) is 0 Å². The smallest absolute Gasteiger partial charge is 0.0722 e. The zero-order valence-corrected chi connectivity index (χ0v) is 16.0. The van der Waals surface area contributed by atoms with E-state index in [4.69, 9.17) is 0 Å². The van der Waals surface area contributed by atoms with Crippen LogP contribution < -0.4 is 0 Å². The van der Waals surface area contributed by atoms with Crippen LogP contribution in [0, 0.1) is 0 Å². The molecular weight excluding hydrogens is 270 g/mol. The first-order valence-electron chi connectivity index (χ1n) is 9.60. The fourth-order valence-corrected chi connectivity index (χ4v) is 7.32. The van der Waals surface area contributed by atoms with Gasteiger partial charge >= 0.3 is 0 Å². The molecule has 1 aliphatic heterocycles. The lowest BCUT2D eigenvalue weighted by atomic mass is 10.1. The third kappa shape index (κ3) is 7.65. The van der Waals surface area contributed by atoms with Gasteiger partial charge in [-0.05, 0) is 45.1 Å². The zero-order valence-electron chi connectivity index (χ0n) is 15.0. The molecule has 0 aromatic heterocycles. The van der Waals surface area contributed by atoms with Gasteiger partial charge in [0.25, 0.3) is 0 Å². The lowest BCUT2D eigenvalue weighted by Gasteiger charge is -2.35. The first-order valence-corrected chi connectivity index (χ1v) is 12.4. The summed E-state index contributed by atoms with van der Waals surface area (Å²) < 4.78 is 0. The Bertz CT molecular complexity index is 259. The third-order valence-electron chi connectivity index (χ3n) is 5.54. The Kier molecular flexibility index (Phi) is 10.4. The second kappa shape index (κ2) is 11.5. The van der Waals surface area contributed by atoms with Gasteiger partial charge in [-0.25, -0.2) is 0 Å². The Morgan fingerprint density at radius 2 is 1.29 bits per heavy atom. The van der Waals surface area contributed by atoms with E-state index in [-0.39, 0.29) is 0 Å². The molecule has 1 aliphatic rings. The highest BCUT2D eigenvalue weighted by Gasteiger charge is 2.29. The van der Waals surface area contributed by atoms with E-state index < -0.39 is 8.07 Å². The van der Waals surface area contributed by atoms with Crippen molar-refractivity contribution in [2.45, 2.75) is 90.3 Å². The van der Waals surface area contributed by atoms with Crippen molar-refractivity contribution >= 4 is 8.07 Å². The Hall–Kier alpha value is -0.0831. The molecule has 1 rings (SSSR count). The summed E-state index contributed by atoms with van der Waals surface area (Å²) in [7, 11) is -1.09. The summed E-state index contributed by atoms with van der Waals surface area (Å²) in [5, 5.41) is 0. The molecule has 0 spiro atoms. The summed E-state index contributed by atoms with van der Waals surface area (Å²) in [6, 6.07) is 4.29. The molecule has 1 saturated heterocycles. The average molecular weight is 310 g/mol. The highest BCUT2D eigenvalue weighted by atomic mass is 28.3. The van der Waals surface area contributed by atoms with E-state index in [1.807, 2.05) is 0 Å². The highest BCUT2D eigenvalue weighted by Crippen LogP contribution is 2.24. The van der Waals surface area contributed by atoms with Crippen LogP contribution in [0.15, 0.2) is 12.2 Å². The molecule has 1 fully saturated rings. The summed E-state index contributed by atoms with van der Waals surface area (Å²) in [6.07, 6.45) is 17.8. The number of allylic oxidation sites excluding steroid dienone is 2. The van der Waals surface area contributed by atoms with Crippen LogP contribution in [0.3, 0.4) is 0 Å². The summed E-state index contributed by atoms with van der Waals surface area (Å²) in [4.78, 5) is 2.86. The Balaban J connectivity index is 2.58. The van der Waals surface area contributed by atoms with Gasteiger partial charge < -0.3 is 4.90 Å². The van der Waals surface area contributed by atoms with Gasteiger partial charge in [0.1, 0.15) is 0 Å². The average Bonchev–Trinajstić information content (AvgIpc) is 2.57. The van der Waals surface area contributed by atoms with E-state index in [1.54, 1.807) is 0 Å². The van der Waals surface area contributed by atoms with Gasteiger partial charge in [-0.1, -0.05) is 76.6 Å². The van der Waals surface area contributed by atoms with Crippen molar-refractivity contribution in [3.05, 3.63) is 12.2 Å². The monoisotopic (exact) mass is 309 g/mol. The second-order valence-electron chi connectivity index (χ2n) is 7.08. The van der Waals surface area contributed by atoms with E-state index in [2.05, 4.69) is 37.8 Å². The first-order chi connectivity index (χ1) is 10.3. The van der Waals surface area contributed by atoms with Crippen molar-refractivity contribution in [1.29, 1.82) is 0 Å². The minimum absolute atomic E-state index is 1.09. The third-order valence-corrected chi connectivity index (χ3v) is 10.8. The molecule has 124 valence electrons. The van der Waals surface area contributed by atoms with E-state index in [9.17, 15) is 0 Å². The molecule has 0 N–H and O–H groups in total. The van der Waals surface area contributed by atoms with Crippen molar-refractivity contribution in [3.8, 4) is 0 Å². The summed E-state index contributed by atoms with van der Waals surface area (Å²) in [5.74, 6) is 0. The van der Waals surface area contributed by atoms with Gasteiger partial charge in [0.05, 0.1) is 8.07 Å². The fourth-order valence-electron chi connectivity index (χ4n) is 3.67. The second-order valence-corrected chi connectivity index (χ2v) is 12.2. The quantitative estimate of drug-likeness (QED) is 0.428. The molecule has 0 saturated carbocycles. The first kappa shape index (κ1) is 19.0. The summed E-state index contributed by atoms with van der Waals surface area (Å²) in [5.41, 5.74) is 0. The number of rotatable bonds is 6. The van der Waals surface area contributed by atoms with Crippen LogP contribution in [0.5, 0.6) is 0 Å². The van der Waals surface area contributed by atoms with E-state index in [1.165, 1.54) is 88.8 Å². The van der Waals surface area contributed by atoms with Crippen LogP contribution in [0.25, 0.3) is 0 Å². The maximum Gasteiger partial charge on any atom is 0.0722 e. The van der Waals surface area contributed by atoms with Crippen LogP contribution in [0.1, 0.15) is 72.1 Å². The molecule has 2 heteroatoms. The van der Waals surface area contributed by atoms with Crippen LogP contribution in [0.2, 0.25) is 18.1 Å². The maximum atomic E-state index is 2.86. The Morgan fingerprint density at radius 1 is 0.810 bits per heavy atom. The number of hydrogen-bond acceptors (Lipinski definition) is 1. The highest BCUT2D eigenvalue weighted by molar-refractivity contribution is 6.80. The Morgan fingerprint density at radius 3 is 1.71 bits per heavy atom. The molecule has 0 atom stereocenters. The molecule has 0 unspecified atom stereocenters. The normalized spacial score (nSPS) is 20.5. The van der Waals surface area contributed by atoms with Crippen molar-refractivity contribution < 1.29 is 0 Å². The molecule has 1 nitrogen and oxygen atoms in total. The number of hydrogen-bond donors (Lipinski definition) is 0. The predicted octanol–water partition coefficient (Wildman–Crippen LogP) is 6.03. The van der Waals surface area contributed by atoms with E-state index >= 15 is 0 Å². The molecule has 0 aromatic carbocycles. The van der Waals surface area contributed by atoms with Crippen molar-refractivity contribution in [2.75, 3.05) is 19.3 Å². The van der Waals surface area contributed by atoms with Gasteiger partial charge in [-0.15, -0.1) is 0 Å². The van der Waals surface area contributed by atoms with Crippen LogP contribution in [-0.4, -0.2) is 32.2 Å². The van der Waals surface area contributed by atoms with Gasteiger partial charge in [0, 0.05) is 0 Å². The molecule has 21 heavy (non-hydrogen) atoms. The molecule has 1 heterocycles. The van der Waals surface area contributed by atoms with E-state index in [0.29, 0.717) is 0 Å². The molecular formula is C19H39NSi. The zero-order chi connectivity index (χ0) is 15.4. The summed E-state index contributed by atoms with van der Waals surface area (Å²) >= 11 is 0. The maximum absolute atomic E-state index is 2.86. The summed E-state index contributed by atoms with van der Waals surface area (Å²) in [6.45, 7) is 9.81. The van der Waals surface area contributed by atoms with Gasteiger partial charge in [0.2, 0.25) is 0 Å². The molecule has 0 amide bonds.